The summed E-state index contributed by atoms with van der Waals surface area (Å²) >= 11 is 0. The van der Waals surface area contributed by atoms with Gasteiger partial charge in [0, 0.05) is 12.8 Å². The van der Waals surface area contributed by atoms with Crippen LogP contribution in [-0.2, 0) is 33.3 Å². The molecule has 0 aromatic carbocycles. The van der Waals surface area contributed by atoms with Crippen LogP contribution in [0.15, 0.2) is 109 Å². The number of carbonyl (C=O) groups excluding carboxylic acids is 2. The Morgan fingerprint density at radius 1 is 0.413 bits per heavy atom. The minimum Gasteiger partial charge on any atom is -0.477 e. The Morgan fingerprint density at radius 2 is 0.760 bits per heavy atom. The van der Waals surface area contributed by atoms with E-state index in [1.807, 2.05) is 21.1 Å². The molecule has 0 bridgehead atoms. The zero-order valence-electron chi connectivity index (χ0n) is 48.7. The van der Waals surface area contributed by atoms with Crippen molar-refractivity contribution in [3.05, 3.63) is 109 Å². The molecule has 0 saturated carbocycles. The number of carbonyl (C=O) groups is 3. The topological polar surface area (TPSA) is 108 Å². The number of carboxylic acid groups (broad SMARTS) is 1. The number of aliphatic carboxylic acids is 1. The zero-order chi connectivity index (χ0) is 54.8. The van der Waals surface area contributed by atoms with Crippen LogP contribution in [0.1, 0.15) is 232 Å². The predicted octanol–water partition coefficient (Wildman–Crippen LogP) is 17.9. The molecule has 0 aliphatic heterocycles. The van der Waals surface area contributed by atoms with E-state index in [4.69, 9.17) is 18.9 Å². The molecule has 0 fully saturated rings. The highest BCUT2D eigenvalue weighted by Crippen LogP contribution is 2.15. The smallest absolute Gasteiger partial charge is 0.361 e. The van der Waals surface area contributed by atoms with Crippen molar-refractivity contribution in [2.75, 3.05) is 47.5 Å². The van der Waals surface area contributed by atoms with E-state index in [0.29, 0.717) is 17.4 Å². The van der Waals surface area contributed by atoms with Crippen molar-refractivity contribution >= 4 is 17.9 Å². The summed E-state index contributed by atoms with van der Waals surface area (Å²) in [4.78, 5) is 37.5. The van der Waals surface area contributed by atoms with Gasteiger partial charge in [-0.3, -0.25) is 9.59 Å². The molecule has 75 heavy (non-hydrogen) atoms. The van der Waals surface area contributed by atoms with Gasteiger partial charge in [0.1, 0.15) is 13.2 Å². The molecule has 9 heteroatoms. The molecule has 2 unspecified atom stereocenters. The summed E-state index contributed by atoms with van der Waals surface area (Å²) in [5.41, 5.74) is 0. The van der Waals surface area contributed by atoms with Gasteiger partial charge in [-0.2, -0.15) is 0 Å². The van der Waals surface area contributed by atoms with E-state index in [2.05, 4.69) is 123 Å². The molecule has 0 aliphatic carbocycles. The van der Waals surface area contributed by atoms with Gasteiger partial charge in [-0.25, -0.2) is 4.79 Å². The van der Waals surface area contributed by atoms with Gasteiger partial charge in [-0.1, -0.05) is 226 Å². The largest absolute Gasteiger partial charge is 0.477 e. The van der Waals surface area contributed by atoms with Crippen molar-refractivity contribution in [2.24, 2.45) is 0 Å². The van der Waals surface area contributed by atoms with Crippen LogP contribution in [0.5, 0.6) is 0 Å². The molecule has 0 aromatic heterocycles. The summed E-state index contributed by atoms with van der Waals surface area (Å²) in [6.07, 6.45) is 74.5. The molecule has 9 nitrogen and oxygen atoms in total. The maximum absolute atomic E-state index is 12.9. The third-order valence-corrected chi connectivity index (χ3v) is 12.5. The summed E-state index contributed by atoms with van der Waals surface area (Å²) in [5, 5.41) is 9.71. The number of carboxylic acids is 1. The van der Waals surface area contributed by atoms with Crippen molar-refractivity contribution in [3.63, 3.8) is 0 Å². The third-order valence-electron chi connectivity index (χ3n) is 12.5. The first kappa shape index (κ1) is 71.0. The molecule has 428 valence electrons. The molecule has 1 N–H and O–H groups in total. The van der Waals surface area contributed by atoms with E-state index in [-0.39, 0.29) is 38.6 Å². The number of allylic oxidation sites excluding steroid dienone is 18. The average Bonchev–Trinajstić information content (AvgIpc) is 3.38. The van der Waals surface area contributed by atoms with Gasteiger partial charge < -0.3 is 28.5 Å². The highest BCUT2D eigenvalue weighted by Gasteiger charge is 2.25. The Balaban J connectivity index is 4.32. The standard InChI is InChI=1S/C66H111NO8/c1-6-8-10-12-14-16-18-20-22-24-26-28-30-32-34-36-38-40-42-44-46-48-50-52-54-56-63(68)73-60-62(61-74-66(65(70)71)72-59-58-67(3,4)5)75-64(69)57-55-53-51-49-47-45-43-41-39-37-35-33-31-29-27-25-23-21-19-17-15-13-11-9-7-2/h9,11,15,17-18,20-21,23-24,26-27,29,33,35,39,41,45,47,62,66H,6-8,10,12-14,16,19,22,25,28,30-32,34,36-38,40,42-44,46,48-61H2,1-5H3/p+1/b11-9-,17-15-,20-18-,23-21-,26-24-,29-27-,35-33-,41-39-,47-45-. The second-order valence-corrected chi connectivity index (χ2v) is 20.9. The maximum Gasteiger partial charge on any atom is 0.361 e. The van der Waals surface area contributed by atoms with Gasteiger partial charge in [0.25, 0.3) is 6.29 Å². The predicted molar refractivity (Wildman–Crippen MR) is 318 cm³/mol. The fourth-order valence-corrected chi connectivity index (χ4v) is 7.91. The Bertz CT molecular complexity index is 1590. The van der Waals surface area contributed by atoms with Crippen molar-refractivity contribution < 1.29 is 42.9 Å². The molecule has 0 aliphatic rings. The SMILES string of the molecule is CC/C=C\C/C=C\C/C=C\C/C=C\C/C=C\C/C=C\C/C=C\CCCCCC(=O)OC(COC(=O)CCCCCCCCCCCCCCC/C=C\C/C=C\CCCCCCC)COC(OCC[N+](C)(C)C)C(=O)O. The monoisotopic (exact) mass is 1050 g/mol. The summed E-state index contributed by atoms with van der Waals surface area (Å²) in [5.74, 6) is -2.06. The van der Waals surface area contributed by atoms with E-state index in [1.54, 1.807) is 0 Å². The Hall–Kier alpha value is -4.05. The third kappa shape index (κ3) is 57.5. The number of nitrogens with zero attached hydrogens (tertiary/aromatic N) is 1. The van der Waals surface area contributed by atoms with Crippen molar-refractivity contribution in [1.82, 2.24) is 0 Å². The molecular formula is C66H112NO8+. The molecule has 2 atom stereocenters. The van der Waals surface area contributed by atoms with Gasteiger partial charge in [-0.05, 0) is 103 Å². The maximum atomic E-state index is 12.9. The Labute approximate surface area is 460 Å². The number of rotatable bonds is 54. The van der Waals surface area contributed by atoms with E-state index in [0.717, 1.165) is 89.9 Å². The summed E-state index contributed by atoms with van der Waals surface area (Å²) in [6, 6.07) is 0. The van der Waals surface area contributed by atoms with Crippen molar-refractivity contribution in [1.29, 1.82) is 0 Å². The first-order valence-electron chi connectivity index (χ1n) is 30.1. The van der Waals surface area contributed by atoms with Crippen LogP contribution in [0.3, 0.4) is 0 Å². The molecule has 0 spiro atoms. The average molecular weight is 1050 g/mol. The van der Waals surface area contributed by atoms with Gasteiger partial charge in [0.15, 0.2) is 6.10 Å². The van der Waals surface area contributed by atoms with E-state index in [9.17, 15) is 19.5 Å². The van der Waals surface area contributed by atoms with Crippen LogP contribution >= 0.6 is 0 Å². The van der Waals surface area contributed by atoms with Crippen molar-refractivity contribution in [2.45, 2.75) is 245 Å². The lowest BCUT2D eigenvalue weighted by molar-refractivity contribution is -0.870. The summed E-state index contributed by atoms with van der Waals surface area (Å²) in [6.45, 7) is 4.71. The minimum atomic E-state index is -1.53. The second-order valence-electron chi connectivity index (χ2n) is 20.9. The van der Waals surface area contributed by atoms with Crippen LogP contribution in [0.4, 0.5) is 0 Å². The molecule has 0 heterocycles. The first-order valence-corrected chi connectivity index (χ1v) is 30.1. The van der Waals surface area contributed by atoms with Crippen LogP contribution in [0, 0.1) is 0 Å². The van der Waals surface area contributed by atoms with Gasteiger partial charge in [0.2, 0.25) is 0 Å². The lowest BCUT2D eigenvalue weighted by atomic mass is 10.0. The highest BCUT2D eigenvalue weighted by molar-refractivity contribution is 5.71. The van der Waals surface area contributed by atoms with Crippen LogP contribution in [-0.4, -0.2) is 87.4 Å². The highest BCUT2D eigenvalue weighted by atomic mass is 16.7. The number of unbranched alkanes of at least 4 members (excludes halogenated alkanes) is 21. The molecule has 0 aromatic rings. The van der Waals surface area contributed by atoms with Crippen molar-refractivity contribution in [3.8, 4) is 0 Å². The Morgan fingerprint density at radius 3 is 1.15 bits per heavy atom. The number of esters is 2. The number of quaternary nitrogens is 1. The molecule has 0 saturated heterocycles. The fourth-order valence-electron chi connectivity index (χ4n) is 7.91. The van der Waals surface area contributed by atoms with E-state index in [1.165, 1.54) is 109 Å². The first-order chi connectivity index (χ1) is 36.6. The lowest BCUT2D eigenvalue weighted by Crippen LogP contribution is -2.40. The quantitative estimate of drug-likeness (QED) is 0.0211. The number of ether oxygens (including phenoxy) is 4. The molecule has 0 rings (SSSR count). The zero-order valence-corrected chi connectivity index (χ0v) is 48.7. The molecular weight excluding hydrogens is 935 g/mol. The van der Waals surface area contributed by atoms with Crippen LogP contribution in [0.25, 0.3) is 0 Å². The van der Waals surface area contributed by atoms with E-state index >= 15 is 0 Å². The van der Waals surface area contributed by atoms with E-state index < -0.39 is 24.3 Å². The van der Waals surface area contributed by atoms with Gasteiger partial charge in [0.05, 0.1) is 34.4 Å². The normalized spacial score (nSPS) is 13.6. The summed E-state index contributed by atoms with van der Waals surface area (Å²) in [7, 11) is 5.95. The number of hydrogen-bond acceptors (Lipinski definition) is 7. The molecule has 0 amide bonds. The summed E-state index contributed by atoms with van der Waals surface area (Å²) < 4.78 is 22.9. The minimum absolute atomic E-state index is 0.175. The Kier molecular flexibility index (Phi) is 53.1. The number of likely N-dealkylation sites (N-methyl/N-ethyl adjacent to an activating group) is 1. The van der Waals surface area contributed by atoms with Crippen LogP contribution < -0.4 is 0 Å². The second kappa shape index (κ2) is 56.2. The number of hydrogen-bond donors (Lipinski definition) is 1. The van der Waals surface area contributed by atoms with Crippen LogP contribution in [0.2, 0.25) is 0 Å². The van der Waals surface area contributed by atoms with Gasteiger partial charge >= 0.3 is 17.9 Å². The fraction of sp³-hybridized carbons (Fsp3) is 0.682. The lowest BCUT2D eigenvalue weighted by Gasteiger charge is -2.25. The van der Waals surface area contributed by atoms with Gasteiger partial charge in [-0.15, -0.1) is 0 Å². The molecule has 0 radical (unpaired) electrons.